The van der Waals surface area contributed by atoms with Crippen molar-refractivity contribution in [2.24, 2.45) is 0 Å². The summed E-state index contributed by atoms with van der Waals surface area (Å²) in [5.41, 5.74) is 0. The zero-order valence-electron chi connectivity index (χ0n) is 15.1. The molecule has 0 aliphatic carbocycles. The van der Waals surface area contributed by atoms with Crippen LogP contribution in [-0.2, 0) is 9.09 Å². The van der Waals surface area contributed by atoms with Gasteiger partial charge in [-0.05, 0) is 0 Å². The van der Waals surface area contributed by atoms with Crippen LogP contribution in [0.15, 0.2) is 16.7 Å². The number of furan rings is 1. The Hall–Kier alpha value is -0.593. The maximum Gasteiger partial charge on any atom is 0.320 e. The van der Waals surface area contributed by atoms with Crippen molar-refractivity contribution >= 4 is 21.3 Å². The molecular formula is C15H30NO5PSi. The van der Waals surface area contributed by atoms with Crippen LogP contribution in [0.5, 0.6) is 5.75 Å². The molecule has 0 saturated heterocycles. The first-order valence-corrected chi connectivity index (χ1v) is 12.2. The van der Waals surface area contributed by atoms with Crippen LogP contribution in [0.1, 0.15) is 20.8 Å². The molecular weight excluding hydrogens is 333 g/mol. The van der Waals surface area contributed by atoms with Gasteiger partial charge < -0.3 is 22.8 Å². The molecule has 0 aliphatic rings. The third-order valence-electron chi connectivity index (χ3n) is 4.36. The minimum atomic E-state index is -4.37. The Bertz CT molecular complexity index is 528. The van der Waals surface area contributed by atoms with Crippen LogP contribution in [0.25, 0.3) is 0 Å². The second-order valence-corrected chi connectivity index (χ2v) is 13.4. The zero-order chi connectivity index (χ0) is 17.7. The van der Waals surface area contributed by atoms with E-state index in [2.05, 4.69) is 20.8 Å². The Morgan fingerprint density at radius 3 is 2.26 bits per heavy atom. The van der Waals surface area contributed by atoms with Gasteiger partial charge in [-0.2, -0.15) is 0 Å². The second-order valence-electron chi connectivity index (χ2n) is 6.87. The second kappa shape index (κ2) is 7.99. The summed E-state index contributed by atoms with van der Waals surface area (Å²) in [4.78, 5) is 11.9. The van der Waals surface area contributed by atoms with Gasteiger partial charge in [-0.1, -0.05) is 38.9 Å². The van der Waals surface area contributed by atoms with E-state index in [4.69, 9.17) is 13.5 Å². The zero-order valence-corrected chi connectivity index (χ0v) is 17.0. The van der Waals surface area contributed by atoms with Crippen molar-refractivity contribution in [1.29, 1.82) is 0 Å². The van der Waals surface area contributed by atoms with Gasteiger partial charge >= 0.3 is 7.82 Å². The molecule has 0 aliphatic heterocycles. The highest BCUT2D eigenvalue weighted by molar-refractivity contribution is 7.46. The lowest BCUT2D eigenvalue weighted by Gasteiger charge is -2.27. The van der Waals surface area contributed by atoms with E-state index >= 15 is 0 Å². The first-order chi connectivity index (χ1) is 10.6. The van der Waals surface area contributed by atoms with Crippen molar-refractivity contribution in [3.8, 4) is 5.75 Å². The molecule has 1 aromatic heterocycles. The standard InChI is InChI=1S/C15H30NO5PSi/c1-7-23(8-2,9-3)15-12-14(13-19-15)21-22(17,18)20-11-10-16(4,5)6/h12-13H,7-11H2,1-6H3. The van der Waals surface area contributed by atoms with Gasteiger partial charge in [-0.3, -0.25) is 4.57 Å². The van der Waals surface area contributed by atoms with E-state index in [9.17, 15) is 9.46 Å². The van der Waals surface area contributed by atoms with E-state index in [1.807, 2.05) is 21.1 Å². The Balaban J connectivity index is 2.73. The van der Waals surface area contributed by atoms with Gasteiger partial charge in [0, 0.05) is 6.07 Å². The molecule has 0 aromatic carbocycles. The van der Waals surface area contributed by atoms with Crippen molar-refractivity contribution in [2.45, 2.75) is 38.9 Å². The minimum Gasteiger partial charge on any atom is -0.746 e. The smallest absolute Gasteiger partial charge is 0.320 e. The van der Waals surface area contributed by atoms with E-state index in [0.717, 1.165) is 23.5 Å². The summed E-state index contributed by atoms with van der Waals surface area (Å²) < 4.78 is 28.1. The molecule has 0 radical (unpaired) electrons. The van der Waals surface area contributed by atoms with Gasteiger partial charge in [0.25, 0.3) is 0 Å². The van der Waals surface area contributed by atoms with Gasteiger partial charge in [0.2, 0.25) is 0 Å². The van der Waals surface area contributed by atoms with E-state index in [-0.39, 0.29) is 12.4 Å². The molecule has 0 amide bonds. The molecule has 23 heavy (non-hydrogen) atoms. The fraction of sp³-hybridized carbons (Fsp3) is 0.733. The number of hydrogen-bond donors (Lipinski definition) is 0. The highest BCUT2D eigenvalue weighted by atomic mass is 31.2. The molecule has 0 N–H and O–H groups in total. The van der Waals surface area contributed by atoms with Crippen molar-refractivity contribution in [1.82, 2.24) is 0 Å². The number of phosphoric acid groups is 1. The topological polar surface area (TPSA) is 71.7 Å². The third-order valence-corrected chi connectivity index (χ3v) is 10.7. The van der Waals surface area contributed by atoms with Crippen molar-refractivity contribution in [3.05, 3.63) is 12.3 Å². The maximum absolute atomic E-state index is 11.9. The lowest BCUT2D eigenvalue weighted by molar-refractivity contribution is -0.870. The van der Waals surface area contributed by atoms with Crippen molar-refractivity contribution in [3.63, 3.8) is 0 Å². The fourth-order valence-electron chi connectivity index (χ4n) is 2.50. The average molecular weight is 363 g/mol. The van der Waals surface area contributed by atoms with Crippen LogP contribution < -0.4 is 14.8 Å². The molecule has 0 spiro atoms. The molecule has 0 fully saturated rings. The highest BCUT2D eigenvalue weighted by Crippen LogP contribution is 2.39. The fourth-order valence-corrected chi connectivity index (χ4v) is 6.51. The SMILES string of the molecule is CC[Si](CC)(CC)c1cc(OP(=O)([O-])OCC[N+](C)(C)C)co1. The molecule has 134 valence electrons. The predicted octanol–water partition coefficient (Wildman–Crippen LogP) is 2.57. The Morgan fingerprint density at radius 1 is 1.22 bits per heavy atom. The van der Waals surface area contributed by atoms with Gasteiger partial charge in [0.15, 0.2) is 5.75 Å². The Kier molecular flexibility index (Phi) is 7.10. The van der Waals surface area contributed by atoms with Crippen LogP contribution in [0.4, 0.5) is 0 Å². The molecule has 1 heterocycles. The Morgan fingerprint density at radius 2 is 1.78 bits per heavy atom. The van der Waals surface area contributed by atoms with Gasteiger partial charge in [-0.25, -0.2) is 0 Å². The van der Waals surface area contributed by atoms with E-state index < -0.39 is 15.9 Å². The quantitative estimate of drug-likeness (QED) is 0.363. The molecule has 1 atom stereocenters. The van der Waals surface area contributed by atoms with Crippen LogP contribution in [0, 0.1) is 0 Å². The lowest BCUT2D eigenvalue weighted by Crippen LogP contribution is -2.44. The Labute approximate surface area is 140 Å². The van der Waals surface area contributed by atoms with E-state index in [0.29, 0.717) is 11.0 Å². The number of rotatable bonds is 10. The summed E-state index contributed by atoms with van der Waals surface area (Å²) in [7, 11) is -0.154. The molecule has 0 saturated carbocycles. The van der Waals surface area contributed by atoms with Crippen LogP contribution in [-0.4, -0.2) is 46.9 Å². The van der Waals surface area contributed by atoms with Crippen LogP contribution in [0.2, 0.25) is 18.1 Å². The first kappa shape index (κ1) is 20.5. The molecule has 1 unspecified atom stereocenters. The maximum atomic E-state index is 11.9. The molecule has 8 heteroatoms. The molecule has 1 rings (SSSR count). The summed E-state index contributed by atoms with van der Waals surface area (Å²) in [6, 6.07) is 4.89. The monoisotopic (exact) mass is 363 g/mol. The largest absolute Gasteiger partial charge is 0.746 e. The number of quaternary nitrogens is 1. The molecule has 6 nitrogen and oxygen atoms in total. The number of nitrogens with zero attached hydrogens (tertiary/aromatic N) is 1. The summed E-state index contributed by atoms with van der Waals surface area (Å²) >= 11 is 0. The number of phosphoric ester groups is 1. The van der Waals surface area contributed by atoms with Crippen LogP contribution in [0.3, 0.4) is 0 Å². The summed E-state index contributed by atoms with van der Waals surface area (Å²) in [5, 5.41) is 0.895. The molecule has 1 aromatic rings. The minimum absolute atomic E-state index is 0.0898. The van der Waals surface area contributed by atoms with Crippen molar-refractivity contribution in [2.75, 3.05) is 34.3 Å². The highest BCUT2D eigenvalue weighted by Gasteiger charge is 2.33. The van der Waals surface area contributed by atoms with Crippen LogP contribution >= 0.6 is 7.82 Å². The van der Waals surface area contributed by atoms with E-state index in [1.165, 1.54) is 6.26 Å². The normalized spacial score (nSPS) is 15.4. The molecule has 0 bridgehead atoms. The third kappa shape index (κ3) is 6.08. The van der Waals surface area contributed by atoms with E-state index in [1.54, 1.807) is 6.07 Å². The lowest BCUT2D eigenvalue weighted by atomic mass is 10.5. The van der Waals surface area contributed by atoms with Gasteiger partial charge in [0.05, 0.1) is 26.5 Å². The van der Waals surface area contributed by atoms with Crippen molar-refractivity contribution < 1.29 is 27.4 Å². The first-order valence-electron chi connectivity index (χ1n) is 8.12. The summed E-state index contributed by atoms with van der Waals surface area (Å²) in [6.07, 6.45) is 1.37. The number of likely N-dealkylation sites (N-methyl/N-ethyl adjacent to an activating group) is 1. The number of hydrogen-bond acceptors (Lipinski definition) is 5. The summed E-state index contributed by atoms with van der Waals surface area (Å²) in [5.74, 6) is 0.204. The van der Waals surface area contributed by atoms with Gasteiger partial charge in [0.1, 0.15) is 27.5 Å². The average Bonchev–Trinajstić information content (AvgIpc) is 2.88. The van der Waals surface area contributed by atoms with Gasteiger partial charge in [-0.15, -0.1) is 0 Å². The predicted molar refractivity (Wildman–Crippen MR) is 92.6 cm³/mol. The summed E-state index contributed by atoms with van der Waals surface area (Å²) in [6.45, 7) is 7.15.